The van der Waals surface area contributed by atoms with Crippen LogP contribution in [0.2, 0.25) is 5.02 Å². The van der Waals surface area contributed by atoms with E-state index in [9.17, 15) is 8.78 Å². The Morgan fingerprint density at radius 3 is 2.67 bits per heavy atom. The van der Waals surface area contributed by atoms with E-state index in [2.05, 4.69) is 25.3 Å². The molecule has 190 valence electrons. The van der Waals surface area contributed by atoms with Crippen molar-refractivity contribution in [2.24, 2.45) is 5.16 Å². The van der Waals surface area contributed by atoms with Gasteiger partial charge in [0, 0.05) is 31.4 Å². The predicted molar refractivity (Wildman–Crippen MR) is 133 cm³/mol. The number of hydrogen-bond donors (Lipinski definition) is 2. The van der Waals surface area contributed by atoms with Gasteiger partial charge in [-0.1, -0.05) is 16.8 Å². The number of halogens is 3. The number of anilines is 3. The molecule has 1 fully saturated rings. The molecule has 0 unspecified atom stereocenters. The van der Waals surface area contributed by atoms with Crippen LogP contribution >= 0.6 is 11.6 Å². The smallest absolute Gasteiger partial charge is 0.144 e. The molecule has 4 rings (SSSR count). The van der Waals surface area contributed by atoms with Crippen molar-refractivity contribution < 1.29 is 23.1 Å². The van der Waals surface area contributed by atoms with Crippen molar-refractivity contribution in [3.05, 3.63) is 70.5 Å². The molecule has 1 aliphatic rings. The third-order valence-corrected chi connectivity index (χ3v) is 5.58. The van der Waals surface area contributed by atoms with E-state index in [-0.39, 0.29) is 12.4 Å². The Labute approximate surface area is 211 Å². The second-order valence-corrected chi connectivity index (χ2v) is 8.29. The average molecular weight is 519 g/mol. The number of nitrogens with one attached hydrogen (secondary N) is 1. The van der Waals surface area contributed by atoms with Gasteiger partial charge >= 0.3 is 0 Å². The second-order valence-electron chi connectivity index (χ2n) is 7.88. The minimum atomic E-state index is -0.676. The first-order valence-corrected chi connectivity index (χ1v) is 11.6. The molecule has 0 atom stereocenters. The summed E-state index contributed by atoms with van der Waals surface area (Å²) in [6.45, 7) is 4.31. The molecule has 36 heavy (non-hydrogen) atoms. The standard InChI is InChI=1S/C24H25ClF2N6O3/c25-21-12-19(1-2-22(21)35-14-16-9-17(26)11-18(27)10-16)32-24-20(23(28)29-15-30-24)13-31-36-8-5-33-3-6-34-7-4-33/h1-2,9-13,15H,3-8,14H2,(H3,28,29,30,32). The first kappa shape index (κ1) is 25.5. The van der Waals surface area contributed by atoms with Crippen molar-refractivity contribution in [3.8, 4) is 5.75 Å². The van der Waals surface area contributed by atoms with Crippen LogP contribution in [0.3, 0.4) is 0 Å². The van der Waals surface area contributed by atoms with Crippen LogP contribution in [0.1, 0.15) is 11.1 Å². The number of hydrogen-bond acceptors (Lipinski definition) is 9. The first-order valence-electron chi connectivity index (χ1n) is 11.2. The van der Waals surface area contributed by atoms with Crippen molar-refractivity contribution in [1.29, 1.82) is 0 Å². The summed E-state index contributed by atoms with van der Waals surface area (Å²) in [7, 11) is 0. The Morgan fingerprint density at radius 2 is 1.92 bits per heavy atom. The fourth-order valence-corrected chi connectivity index (χ4v) is 3.70. The summed E-state index contributed by atoms with van der Waals surface area (Å²) in [5.74, 6) is -0.371. The molecule has 2 heterocycles. The van der Waals surface area contributed by atoms with Gasteiger partial charge in [0.1, 0.15) is 48.6 Å². The maximum atomic E-state index is 13.4. The van der Waals surface area contributed by atoms with E-state index < -0.39 is 11.6 Å². The lowest BCUT2D eigenvalue weighted by atomic mass is 10.2. The van der Waals surface area contributed by atoms with Crippen LogP contribution in [0, 0.1) is 11.6 Å². The van der Waals surface area contributed by atoms with Gasteiger partial charge in [-0.05, 0) is 35.9 Å². The fourth-order valence-electron chi connectivity index (χ4n) is 3.46. The Kier molecular flexibility index (Phi) is 8.82. The van der Waals surface area contributed by atoms with Crippen LogP contribution in [0.4, 0.5) is 26.1 Å². The molecular formula is C24H25ClF2N6O3. The van der Waals surface area contributed by atoms with Crippen LogP contribution in [-0.2, 0) is 16.2 Å². The maximum absolute atomic E-state index is 13.4. The molecule has 0 radical (unpaired) electrons. The summed E-state index contributed by atoms with van der Waals surface area (Å²) in [4.78, 5) is 15.9. The normalized spacial score (nSPS) is 14.2. The molecule has 1 aliphatic heterocycles. The first-order chi connectivity index (χ1) is 17.5. The van der Waals surface area contributed by atoms with E-state index in [0.717, 1.165) is 38.9 Å². The van der Waals surface area contributed by atoms with E-state index in [1.807, 2.05) is 0 Å². The molecule has 1 saturated heterocycles. The highest BCUT2D eigenvalue weighted by molar-refractivity contribution is 6.32. The Morgan fingerprint density at radius 1 is 1.14 bits per heavy atom. The zero-order chi connectivity index (χ0) is 25.3. The zero-order valence-electron chi connectivity index (χ0n) is 19.3. The number of nitrogens with two attached hydrogens (primary N) is 1. The maximum Gasteiger partial charge on any atom is 0.144 e. The largest absolute Gasteiger partial charge is 0.487 e. The van der Waals surface area contributed by atoms with Gasteiger partial charge in [0.2, 0.25) is 0 Å². The quantitative estimate of drug-likeness (QED) is 0.236. The fraction of sp³-hybridized carbons (Fsp3) is 0.292. The second kappa shape index (κ2) is 12.4. The molecule has 0 spiro atoms. The number of nitrogens with zero attached hydrogens (tertiary/aromatic N) is 4. The van der Waals surface area contributed by atoms with Crippen LogP contribution in [-0.4, -0.2) is 60.5 Å². The minimum absolute atomic E-state index is 0.0459. The van der Waals surface area contributed by atoms with Crippen LogP contribution in [0.25, 0.3) is 0 Å². The van der Waals surface area contributed by atoms with Gasteiger partial charge in [-0.25, -0.2) is 18.7 Å². The summed E-state index contributed by atoms with van der Waals surface area (Å²) >= 11 is 6.35. The Hall–Kier alpha value is -3.54. The third-order valence-electron chi connectivity index (χ3n) is 5.28. The molecule has 0 bridgehead atoms. The van der Waals surface area contributed by atoms with Gasteiger partial charge in [-0.15, -0.1) is 0 Å². The van der Waals surface area contributed by atoms with E-state index in [4.69, 9.17) is 31.6 Å². The topological polar surface area (TPSA) is 107 Å². The van der Waals surface area contributed by atoms with Crippen molar-refractivity contribution in [2.45, 2.75) is 6.61 Å². The molecule has 0 amide bonds. The van der Waals surface area contributed by atoms with E-state index in [1.54, 1.807) is 18.2 Å². The number of benzene rings is 2. The molecule has 3 aromatic rings. The monoisotopic (exact) mass is 518 g/mol. The Bertz CT molecular complexity index is 1190. The third kappa shape index (κ3) is 7.23. The number of oxime groups is 1. The zero-order valence-corrected chi connectivity index (χ0v) is 20.0. The molecular weight excluding hydrogens is 494 g/mol. The summed E-state index contributed by atoms with van der Waals surface area (Å²) in [5.41, 5.74) is 7.42. The molecule has 1 aromatic heterocycles. The van der Waals surface area contributed by atoms with E-state index in [0.29, 0.717) is 40.0 Å². The minimum Gasteiger partial charge on any atom is -0.487 e. The van der Waals surface area contributed by atoms with E-state index in [1.165, 1.54) is 24.7 Å². The van der Waals surface area contributed by atoms with Crippen molar-refractivity contribution in [1.82, 2.24) is 14.9 Å². The molecule has 0 aliphatic carbocycles. The average Bonchev–Trinajstić information content (AvgIpc) is 2.85. The lowest BCUT2D eigenvalue weighted by molar-refractivity contribution is 0.0214. The summed E-state index contributed by atoms with van der Waals surface area (Å²) in [6.07, 6.45) is 2.78. The SMILES string of the molecule is Nc1ncnc(Nc2ccc(OCc3cc(F)cc(F)c3)c(Cl)c2)c1C=NOCCN1CCOCC1. The number of morpholine rings is 1. The molecule has 0 saturated carbocycles. The predicted octanol–water partition coefficient (Wildman–Crippen LogP) is 4.00. The van der Waals surface area contributed by atoms with Gasteiger partial charge in [0.25, 0.3) is 0 Å². The van der Waals surface area contributed by atoms with Crippen LogP contribution in [0.5, 0.6) is 5.75 Å². The molecule has 9 nitrogen and oxygen atoms in total. The number of rotatable bonds is 10. The highest BCUT2D eigenvalue weighted by atomic mass is 35.5. The van der Waals surface area contributed by atoms with Gasteiger partial charge in [0.05, 0.1) is 30.0 Å². The van der Waals surface area contributed by atoms with Crippen molar-refractivity contribution >= 4 is 35.1 Å². The van der Waals surface area contributed by atoms with Gasteiger partial charge < -0.3 is 25.4 Å². The summed E-state index contributed by atoms with van der Waals surface area (Å²) < 4.78 is 37.7. The summed E-state index contributed by atoms with van der Waals surface area (Å²) in [6, 6.07) is 8.16. The van der Waals surface area contributed by atoms with Gasteiger partial charge in [0.15, 0.2) is 0 Å². The lowest BCUT2D eigenvalue weighted by Crippen LogP contribution is -2.38. The van der Waals surface area contributed by atoms with Crippen molar-refractivity contribution in [3.63, 3.8) is 0 Å². The lowest BCUT2D eigenvalue weighted by Gasteiger charge is -2.25. The van der Waals surface area contributed by atoms with Crippen LogP contribution < -0.4 is 15.8 Å². The highest BCUT2D eigenvalue weighted by Gasteiger charge is 2.12. The molecule has 3 N–H and O–H groups in total. The summed E-state index contributed by atoms with van der Waals surface area (Å²) in [5, 5.41) is 7.42. The van der Waals surface area contributed by atoms with Gasteiger partial charge in [-0.2, -0.15) is 0 Å². The molecule has 2 aromatic carbocycles. The number of nitrogen functional groups attached to an aromatic ring is 1. The molecule has 12 heteroatoms. The Balaban J connectivity index is 1.36. The van der Waals surface area contributed by atoms with Gasteiger partial charge in [-0.3, -0.25) is 4.90 Å². The van der Waals surface area contributed by atoms with Crippen molar-refractivity contribution in [2.75, 3.05) is 50.5 Å². The highest BCUT2D eigenvalue weighted by Crippen LogP contribution is 2.30. The van der Waals surface area contributed by atoms with E-state index >= 15 is 0 Å². The number of aromatic nitrogens is 2. The number of ether oxygens (including phenoxy) is 2. The van der Waals surface area contributed by atoms with Crippen LogP contribution in [0.15, 0.2) is 47.9 Å².